The van der Waals surface area contributed by atoms with Crippen molar-refractivity contribution in [1.82, 2.24) is 14.7 Å². The second-order valence-electron chi connectivity index (χ2n) is 6.55. The standard InChI is InChI=1S/C19H24N4O2/c1-4-15-11-17(22(3)21-15)20-19(25)16-9-10-18(24)23(16)12-14-7-5-13(2)6-8-14/h5-8,11,16H,4,9-10,12H2,1-3H3,(H,20,25)/t16-/m1/s1. The average molecular weight is 340 g/mol. The normalized spacial score (nSPS) is 17.2. The Morgan fingerprint density at radius 2 is 2.04 bits per heavy atom. The first kappa shape index (κ1) is 17.2. The van der Waals surface area contributed by atoms with Gasteiger partial charge in [-0.25, -0.2) is 0 Å². The zero-order valence-corrected chi connectivity index (χ0v) is 15.0. The molecular formula is C19H24N4O2. The summed E-state index contributed by atoms with van der Waals surface area (Å²) in [6.45, 7) is 4.51. The molecule has 1 N–H and O–H groups in total. The number of hydrogen-bond acceptors (Lipinski definition) is 3. The van der Waals surface area contributed by atoms with Crippen LogP contribution >= 0.6 is 0 Å². The van der Waals surface area contributed by atoms with Crippen molar-refractivity contribution in [1.29, 1.82) is 0 Å². The number of carbonyl (C=O) groups excluding carboxylic acids is 2. The Hall–Kier alpha value is -2.63. The van der Waals surface area contributed by atoms with E-state index >= 15 is 0 Å². The van der Waals surface area contributed by atoms with Crippen LogP contribution in [0.5, 0.6) is 0 Å². The van der Waals surface area contributed by atoms with Crippen LogP contribution in [-0.2, 0) is 29.6 Å². The number of aryl methyl sites for hydroxylation is 3. The maximum Gasteiger partial charge on any atom is 0.248 e. The minimum absolute atomic E-state index is 0.0278. The van der Waals surface area contributed by atoms with E-state index in [1.54, 1.807) is 16.6 Å². The Kier molecular flexibility index (Phi) is 4.88. The van der Waals surface area contributed by atoms with Gasteiger partial charge in [-0.1, -0.05) is 36.8 Å². The molecule has 1 aliphatic rings. The molecule has 1 atom stereocenters. The van der Waals surface area contributed by atoms with Gasteiger partial charge in [-0.2, -0.15) is 5.10 Å². The van der Waals surface area contributed by atoms with E-state index in [-0.39, 0.29) is 11.8 Å². The number of amides is 2. The van der Waals surface area contributed by atoms with Gasteiger partial charge in [0, 0.05) is 26.1 Å². The molecule has 6 heteroatoms. The van der Waals surface area contributed by atoms with Gasteiger partial charge in [-0.05, 0) is 25.3 Å². The molecular weight excluding hydrogens is 316 g/mol. The fraction of sp³-hybridized carbons (Fsp3) is 0.421. The Morgan fingerprint density at radius 1 is 1.32 bits per heavy atom. The molecule has 6 nitrogen and oxygen atoms in total. The second kappa shape index (κ2) is 7.09. The van der Waals surface area contributed by atoms with Gasteiger partial charge in [0.1, 0.15) is 11.9 Å². The number of rotatable bonds is 5. The molecule has 3 rings (SSSR count). The van der Waals surface area contributed by atoms with Crippen LogP contribution in [0.2, 0.25) is 0 Å². The minimum atomic E-state index is -0.436. The van der Waals surface area contributed by atoms with Gasteiger partial charge in [-0.15, -0.1) is 0 Å². The number of anilines is 1. The predicted molar refractivity (Wildman–Crippen MR) is 96.0 cm³/mol. The highest BCUT2D eigenvalue weighted by atomic mass is 16.2. The van der Waals surface area contributed by atoms with E-state index in [1.165, 1.54) is 5.56 Å². The van der Waals surface area contributed by atoms with Crippen LogP contribution in [0.25, 0.3) is 0 Å². The number of likely N-dealkylation sites (tertiary alicyclic amines) is 1. The Labute approximate surface area is 147 Å². The molecule has 0 bridgehead atoms. The van der Waals surface area contributed by atoms with E-state index in [9.17, 15) is 9.59 Å². The SMILES string of the molecule is CCc1cc(NC(=O)[C@H]2CCC(=O)N2Cc2ccc(C)cc2)n(C)n1. The largest absolute Gasteiger partial charge is 0.326 e. The van der Waals surface area contributed by atoms with Gasteiger partial charge in [0.15, 0.2) is 0 Å². The van der Waals surface area contributed by atoms with Gasteiger partial charge < -0.3 is 10.2 Å². The molecule has 0 radical (unpaired) electrons. The number of carbonyl (C=O) groups is 2. The van der Waals surface area contributed by atoms with Crippen molar-refractivity contribution in [3.8, 4) is 0 Å². The molecule has 2 amide bonds. The summed E-state index contributed by atoms with van der Waals surface area (Å²) in [5.74, 6) is 0.542. The molecule has 1 saturated heterocycles. The van der Waals surface area contributed by atoms with Crippen LogP contribution in [0, 0.1) is 6.92 Å². The molecule has 2 heterocycles. The average Bonchev–Trinajstić information content (AvgIpc) is 3.13. The van der Waals surface area contributed by atoms with Gasteiger partial charge in [0.25, 0.3) is 0 Å². The predicted octanol–water partition coefficient (Wildman–Crippen LogP) is 2.42. The van der Waals surface area contributed by atoms with E-state index in [2.05, 4.69) is 10.4 Å². The van der Waals surface area contributed by atoms with E-state index in [1.807, 2.05) is 44.2 Å². The molecule has 0 saturated carbocycles. The molecule has 1 aliphatic heterocycles. The van der Waals surface area contributed by atoms with Crippen LogP contribution in [0.4, 0.5) is 5.82 Å². The topological polar surface area (TPSA) is 67.2 Å². The lowest BCUT2D eigenvalue weighted by molar-refractivity contribution is -0.133. The van der Waals surface area contributed by atoms with Crippen molar-refractivity contribution in [2.24, 2.45) is 7.05 Å². The summed E-state index contributed by atoms with van der Waals surface area (Å²) in [6.07, 6.45) is 1.77. The minimum Gasteiger partial charge on any atom is -0.326 e. The van der Waals surface area contributed by atoms with Crippen LogP contribution in [0.15, 0.2) is 30.3 Å². The molecule has 25 heavy (non-hydrogen) atoms. The van der Waals surface area contributed by atoms with Gasteiger partial charge in [-0.3, -0.25) is 14.3 Å². The van der Waals surface area contributed by atoms with Crippen molar-refractivity contribution in [2.75, 3.05) is 5.32 Å². The highest BCUT2D eigenvalue weighted by Gasteiger charge is 2.36. The smallest absolute Gasteiger partial charge is 0.248 e. The third-order valence-corrected chi connectivity index (χ3v) is 4.65. The van der Waals surface area contributed by atoms with Crippen molar-refractivity contribution in [3.63, 3.8) is 0 Å². The molecule has 0 unspecified atom stereocenters. The second-order valence-corrected chi connectivity index (χ2v) is 6.55. The summed E-state index contributed by atoms with van der Waals surface area (Å²) in [5, 5.41) is 7.26. The number of nitrogens with zero attached hydrogens (tertiary/aromatic N) is 3. The summed E-state index contributed by atoms with van der Waals surface area (Å²) in [4.78, 5) is 26.7. The van der Waals surface area contributed by atoms with Crippen LogP contribution in [0.1, 0.15) is 36.6 Å². The van der Waals surface area contributed by atoms with Crippen LogP contribution in [-0.4, -0.2) is 32.5 Å². The first-order valence-electron chi connectivity index (χ1n) is 8.66. The number of nitrogens with one attached hydrogen (secondary N) is 1. The molecule has 1 aromatic heterocycles. The van der Waals surface area contributed by atoms with Crippen molar-refractivity contribution in [2.45, 2.75) is 45.7 Å². The van der Waals surface area contributed by atoms with Crippen LogP contribution < -0.4 is 5.32 Å². The third-order valence-electron chi connectivity index (χ3n) is 4.65. The molecule has 0 aliphatic carbocycles. The quantitative estimate of drug-likeness (QED) is 0.909. The van der Waals surface area contributed by atoms with Gasteiger partial charge in [0.2, 0.25) is 11.8 Å². The van der Waals surface area contributed by atoms with E-state index in [0.717, 1.165) is 17.7 Å². The van der Waals surface area contributed by atoms with E-state index in [0.29, 0.717) is 25.2 Å². The lowest BCUT2D eigenvalue weighted by atomic mass is 10.1. The van der Waals surface area contributed by atoms with E-state index < -0.39 is 6.04 Å². The Balaban J connectivity index is 1.72. The molecule has 1 aromatic carbocycles. The number of benzene rings is 1. The molecule has 2 aromatic rings. The van der Waals surface area contributed by atoms with Gasteiger partial charge in [0.05, 0.1) is 5.69 Å². The van der Waals surface area contributed by atoms with Crippen molar-refractivity contribution in [3.05, 3.63) is 47.2 Å². The van der Waals surface area contributed by atoms with Gasteiger partial charge >= 0.3 is 0 Å². The Morgan fingerprint density at radius 3 is 2.68 bits per heavy atom. The number of hydrogen-bond donors (Lipinski definition) is 1. The first-order chi connectivity index (χ1) is 12.0. The first-order valence-corrected chi connectivity index (χ1v) is 8.66. The summed E-state index contributed by atoms with van der Waals surface area (Å²) in [7, 11) is 1.80. The highest BCUT2D eigenvalue weighted by Crippen LogP contribution is 2.23. The number of aromatic nitrogens is 2. The van der Waals surface area contributed by atoms with Crippen molar-refractivity contribution < 1.29 is 9.59 Å². The highest BCUT2D eigenvalue weighted by molar-refractivity contribution is 5.98. The maximum absolute atomic E-state index is 12.7. The lowest BCUT2D eigenvalue weighted by Crippen LogP contribution is -2.41. The summed E-state index contributed by atoms with van der Waals surface area (Å²) < 4.78 is 1.66. The van der Waals surface area contributed by atoms with E-state index in [4.69, 9.17) is 0 Å². The molecule has 0 spiro atoms. The summed E-state index contributed by atoms with van der Waals surface area (Å²) in [5.41, 5.74) is 3.14. The Bertz CT molecular complexity index is 779. The summed E-state index contributed by atoms with van der Waals surface area (Å²) >= 11 is 0. The van der Waals surface area contributed by atoms with Crippen molar-refractivity contribution >= 4 is 17.6 Å². The fourth-order valence-corrected chi connectivity index (χ4v) is 3.12. The fourth-order valence-electron chi connectivity index (χ4n) is 3.12. The zero-order chi connectivity index (χ0) is 18.0. The van der Waals surface area contributed by atoms with Crippen LogP contribution in [0.3, 0.4) is 0 Å². The zero-order valence-electron chi connectivity index (χ0n) is 15.0. The lowest BCUT2D eigenvalue weighted by Gasteiger charge is -2.24. The molecule has 1 fully saturated rings. The summed E-state index contributed by atoms with van der Waals surface area (Å²) in [6, 6.07) is 9.49. The molecule has 132 valence electrons. The third kappa shape index (κ3) is 3.73. The monoisotopic (exact) mass is 340 g/mol. The maximum atomic E-state index is 12.7.